The van der Waals surface area contributed by atoms with Crippen LogP contribution in [0.4, 0.5) is 0 Å². The lowest BCUT2D eigenvalue weighted by Crippen LogP contribution is -2.33. The standard InChI is InChI=1S/C12H15ClN2OS/c1-4-7(2)14-12(16)9-5-10-8(15(9)3)6-11(13)17-10/h5-7H,4H2,1-3H3,(H,14,16). The number of rotatable bonds is 3. The van der Waals surface area contributed by atoms with E-state index in [1.807, 2.05) is 37.6 Å². The molecule has 1 atom stereocenters. The Morgan fingerprint density at radius 2 is 2.29 bits per heavy atom. The maximum absolute atomic E-state index is 12.0. The molecule has 0 radical (unpaired) electrons. The zero-order valence-electron chi connectivity index (χ0n) is 10.1. The number of amides is 1. The highest BCUT2D eigenvalue weighted by molar-refractivity contribution is 7.22. The van der Waals surface area contributed by atoms with Crippen LogP contribution in [0.1, 0.15) is 30.8 Å². The number of carbonyl (C=O) groups is 1. The Bertz CT molecular complexity index is 558. The Morgan fingerprint density at radius 1 is 1.59 bits per heavy atom. The molecule has 0 aromatic carbocycles. The first-order valence-electron chi connectivity index (χ1n) is 5.58. The molecule has 0 saturated carbocycles. The highest BCUT2D eigenvalue weighted by atomic mass is 35.5. The van der Waals surface area contributed by atoms with Crippen LogP contribution in [0.5, 0.6) is 0 Å². The highest BCUT2D eigenvalue weighted by Crippen LogP contribution is 2.31. The predicted octanol–water partition coefficient (Wildman–Crippen LogP) is 3.42. The number of aromatic nitrogens is 1. The second-order valence-electron chi connectivity index (χ2n) is 4.17. The van der Waals surface area contributed by atoms with Crippen molar-refractivity contribution in [1.29, 1.82) is 0 Å². The Balaban J connectivity index is 2.32. The number of hydrogen-bond acceptors (Lipinski definition) is 2. The van der Waals surface area contributed by atoms with Gasteiger partial charge in [0.1, 0.15) is 5.69 Å². The molecule has 0 aliphatic rings. The van der Waals surface area contributed by atoms with Gasteiger partial charge in [-0.15, -0.1) is 11.3 Å². The van der Waals surface area contributed by atoms with Crippen LogP contribution in [-0.4, -0.2) is 16.5 Å². The first-order chi connectivity index (χ1) is 8.02. The molecule has 2 aromatic rings. The van der Waals surface area contributed by atoms with Crippen molar-refractivity contribution in [1.82, 2.24) is 9.88 Å². The van der Waals surface area contributed by atoms with E-state index in [1.165, 1.54) is 11.3 Å². The zero-order chi connectivity index (χ0) is 12.6. The van der Waals surface area contributed by atoms with Crippen LogP contribution in [0, 0.1) is 0 Å². The Kier molecular flexibility index (Phi) is 3.45. The van der Waals surface area contributed by atoms with E-state index >= 15 is 0 Å². The largest absolute Gasteiger partial charge is 0.348 e. The van der Waals surface area contributed by atoms with Gasteiger partial charge in [0.25, 0.3) is 5.91 Å². The maximum Gasteiger partial charge on any atom is 0.268 e. The first kappa shape index (κ1) is 12.5. The third kappa shape index (κ3) is 2.33. The molecule has 0 aliphatic heterocycles. The molecule has 0 fully saturated rings. The fourth-order valence-corrected chi connectivity index (χ4v) is 2.90. The van der Waals surface area contributed by atoms with Gasteiger partial charge in [0.15, 0.2) is 0 Å². The quantitative estimate of drug-likeness (QED) is 0.911. The normalized spacial score (nSPS) is 12.9. The van der Waals surface area contributed by atoms with Gasteiger partial charge in [-0.2, -0.15) is 0 Å². The lowest BCUT2D eigenvalue weighted by molar-refractivity contribution is 0.0931. The van der Waals surface area contributed by atoms with Crippen LogP contribution < -0.4 is 5.32 Å². The van der Waals surface area contributed by atoms with Gasteiger partial charge in [0.2, 0.25) is 0 Å². The van der Waals surface area contributed by atoms with Gasteiger partial charge in [-0.3, -0.25) is 4.79 Å². The van der Waals surface area contributed by atoms with Crippen LogP contribution in [0.2, 0.25) is 4.34 Å². The van der Waals surface area contributed by atoms with Crippen LogP contribution in [0.15, 0.2) is 12.1 Å². The van der Waals surface area contributed by atoms with E-state index in [-0.39, 0.29) is 11.9 Å². The van der Waals surface area contributed by atoms with Gasteiger partial charge in [-0.1, -0.05) is 18.5 Å². The van der Waals surface area contributed by atoms with E-state index in [9.17, 15) is 4.79 Å². The molecular weight excluding hydrogens is 256 g/mol. The van der Waals surface area contributed by atoms with Crippen molar-refractivity contribution in [3.05, 3.63) is 22.2 Å². The number of nitrogens with zero attached hydrogens (tertiary/aromatic N) is 1. The summed E-state index contributed by atoms with van der Waals surface area (Å²) < 4.78 is 3.68. The van der Waals surface area contributed by atoms with Crippen LogP contribution in [-0.2, 0) is 7.05 Å². The van der Waals surface area contributed by atoms with Crippen molar-refractivity contribution in [3.8, 4) is 0 Å². The molecule has 0 spiro atoms. The molecule has 0 aliphatic carbocycles. The van der Waals surface area contributed by atoms with Crippen molar-refractivity contribution < 1.29 is 4.79 Å². The first-order valence-corrected chi connectivity index (χ1v) is 6.78. The van der Waals surface area contributed by atoms with Crippen molar-refractivity contribution in [2.75, 3.05) is 0 Å². The van der Waals surface area contributed by atoms with Crippen LogP contribution in [0.3, 0.4) is 0 Å². The molecule has 2 heterocycles. The molecule has 1 N–H and O–H groups in total. The zero-order valence-corrected chi connectivity index (χ0v) is 11.7. The second kappa shape index (κ2) is 4.70. The van der Waals surface area contributed by atoms with E-state index in [0.717, 1.165) is 21.0 Å². The van der Waals surface area contributed by atoms with E-state index in [2.05, 4.69) is 5.32 Å². The number of aryl methyl sites for hydroxylation is 1. The van der Waals surface area contributed by atoms with Gasteiger partial charge in [0.05, 0.1) is 14.6 Å². The molecule has 2 aromatic heterocycles. The molecule has 2 rings (SSSR count). The molecule has 1 unspecified atom stereocenters. The summed E-state index contributed by atoms with van der Waals surface area (Å²) in [5.74, 6) is -0.0265. The Labute approximate surface area is 109 Å². The van der Waals surface area contributed by atoms with Crippen molar-refractivity contribution in [2.24, 2.45) is 7.05 Å². The number of carbonyl (C=O) groups excluding carboxylic acids is 1. The lowest BCUT2D eigenvalue weighted by atomic mass is 10.2. The lowest BCUT2D eigenvalue weighted by Gasteiger charge is -2.11. The van der Waals surface area contributed by atoms with Crippen molar-refractivity contribution in [3.63, 3.8) is 0 Å². The van der Waals surface area contributed by atoms with Crippen LogP contribution >= 0.6 is 22.9 Å². The van der Waals surface area contributed by atoms with E-state index in [0.29, 0.717) is 5.69 Å². The molecule has 0 bridgehead atoms. The number of thiophene rings is 1. The number of halogens is 1. The summed E-state index contributed by atoms with van der Waals surface area (Å²) in [5, 5.41) is 2.96. The maximum atomic E-state index is 12.0. The Morgan fingerprint density at radius 3 is 2.88 bits per heavy atom. The second-order valence-corrected chi connectivity index (χ2v) is 5.89. The average Bonchev–Trinajstić information content (AvgIpc) is 2.77. The van der Waals surface area contributed by atoms with E-state index < -0.39 is 0 Å². The minimum absolute atomic E-state index is 0.0265. The third-order valence-corrected chi connectivity index (χ3v) is 4.12. The number of nitrogens with one attached hydrogen (secondary N) is 1. The third-order valence-electron chi connectivity index (χ3n) is 2.92. The van der Waals surface area contributed by atoms with Gasteiger partial charge in [-0.05, 0) is 25.5 Å². The molecule has 92 valence electrons. The Hall–Kier alpha value is -1.00. The molecule has 3 nitrogen and oxygen atoms in total. The van der Waals surface area contributed by atoms with Gasteiger partial charge in [-0.25, -0.2) is 0 Å². The highest BCUT2D eigenvalue weighted by Gasteiger charge is 2.16. The summed E-state index contributed by atoms with van der Waals surface area (Å²) in [7, 11) is 1.89. The summed E-state index contributed by atoms with van der Waals surface area (Å²) in [5.41, 5.74) is 1.69. The summed E-state index contributed by atoms with van der Waals surface area (Å²) in [6.07, 6.45) is 0.927. The minimum atomic E-state index is -0.0265. The smallest absolute Gasteiger partial charge is 0.268 e. The van der Waals surface area contributed by atoms with Gasteiger partial charge < -0.3 is 9.88 Å². The molecular formula is C12H15ClN2OS. The van der Waals surface area contributed by atoms with E-state index in [4.69, 9.17) is 11.6 Å². The fourth-order valence-electron chi connectivity index (χ4n) is 1.70. The van der Waals surface area contributed by atoms with Gasteiger partial charge >= 0.3 is 0 Å². The average molecular weight is 271 g/mol. The summed E-state index contributed by atoms with van der Waals surface area (Å²) in [6, 6.07) is 3.98. The summed E-state index contributed by atoms with van der Waals surface area (Å²) >= 11 is 7.43. The molecule has 17 heavy (non-hydrogen) atoms. The molecule has 5 heteroatoms. The minimum Gasteiger partial charge on any atom is -0.348 e. The SMILES string of the molecule is CCC(C)NC(=O)c1cc2sc(Cl)cc2n1C. The molecule has 0 saturated heterocycles. The number of fused-ring (bicyclic) bond motifs is 1. The topological polar surface area (TPSA) is 34.0 Å². The fraction of sp³-hybridized carbons (Fsp3) is 0.417. The number of hydrogen-bond donors (Lipinski definition) is 1. The van der Waals surface area contributed by atoms with Crippen LogP contribution in [0.25, 0.3) is 10.2 Å². The van der Waals surface area contributed by atoms with E-state index in [1.54, 1.807) is 0 Å². The predicted molar refractivity (Wildman–Crippen MR) is 73.0 cm³/mol. The summed E-state index contributed by atoms with van der Waals surface area (Å²) in [4.78, 5) is 12.0. The van der Waals surface area contributed by atoms with Gasteiger partial charge in [0, 0.05) is 13.1 Å². The van der Waals surface area contributed by atoms with Crippen molar-refractivity contribution >= 4 is 39.1 Å². The molecule has 1 amide bonds. The van der Waals surface area contributed by atoms with Crippen molar-refractivity contribution in [2.45, 2.75) is 26.3 Å². The monoisotopic (exact) mass is 270 g/mol. The summed E-state index contributed by atoms with van der Waals surface area (Å²) in [6.45, 7) is 4.05.